The second-order valence-corrected chi connectivity index (χ2v) is 7.91. The van der Waals surface area contributed by atoms with Gasteiger partial charge in [0.25, 0.3) is 0 Å². The van der Waals surface area contributed by atoms with Crippen LogP contribution in [0.15, 0.2) is 43.0 Å². The first-order valence-electron chi connectivity index (χ1n) is 10.5. The Bertz CT molecular complexity index is 967. The molecule has 0 radical (unpaired) electrons. The molecule has 0 saturated carbocycles. The van der Waals surface area contributed by atoms with E-state index in [4.69, 9.17) is 14.2 Å². The van der Waals surface area contributed by atoms with Crippen LogP contribution in [0, 0.1) is 5.92 Å². The maximum Gasteiger partial charge on any atom is 0.231 e. The van der Waals surface area contributed by atoms with E-state index in [9.17, 15) is 9.90 Å². The maximum atomic E-state index is 12.7. The number of piperidine rings is 1. The molecule has 4 rings (SSSR count). The first-order valence-corrected chi connectivity index (χ1v) is 10.5. The third-order valence-electron chi connectivity index (χ3n) is 5.81. The Hall–Kier alpha value is -3.19. The first-order chi connectivity index (χ1) is 15.1. The average molecular weight is 424 g/mol. The minimum Gasteiger partial charge on any atom is -0.504 e. The minimum atomic E-state index is -0.0445. The van der Waals surface area contributed by atoms with Crippen LogP contribution in [0.25, 0.3) is 0 Å². The number of rotatable bonds is 7. The second kappa shape index (κ2) is 9.31. The van der Waals surface area contributed by atoms with Crippen molar-refractivity contribution in [2.45, 2.75) is 25.8 Å². The van der Waals surface area contributed by atoms with Gasteiger partial charge >= 0.3 is 0 Å². The van der Waals surface area contributed by atoms with Crippen molar-refractivity contribution in [2.75, 3.05) is 32.3 Å². The molecule has 2 aliphatic heterocycles. The highest BCUT2D eigenvalue weighted by Crippen LogP contribution is 2.35. The predicted octanol–water partition coefficient (Wildman–Crippen LogP) is 3.71. The molecule has 0 aromatic heterocycles. The number of amides is 1. The molecule has 0 unspecified atom stereocenters. The van der Waals surface area contributed by atoms with Crippen LogP contribution in [0.5, 0.6) is 23.0 Å². The van der Waals surface area contributed by atoms with Crippen LogP contribution < -0.4 is 19.5 Å². The van der Waals surface area contributed by atoms with Crippen molar-refractivity contribution in [1.29, 1.82) is 0 Å². The maximum absolute atomic E-state index is 12.7. The van der Waals surface area contributed by atoms with Crippen molar-refractivity contribution < 1.29 is 24.1 Å². The van der Waals surface area contributed by atoms with Crippen molar-refractivity contribution in [3.63, 3.8) is 0 Å². The highest BCUT2D eigenvalue weighted by Gasteiger charge is 2.26. The van der Waals surface area contributed by atoms with Gasteiger partial charge in [0.2, 0.25) is 12.7 Å². The molecule has 31 heavy (non-hydrogen) atoms. The highest BCUT2D eigenvalue weighted by molar-refractivity contribution is 5.93. The molecule has 2 heterocycles. The van der Waals surface area contributed by atoms with Gasteiger partial charge in [0.05, 0.1) is 7.11 Å². The van der Waals surface area contributed by atoms with Gasteiger partial charge in [-0.1, -0.05) is 12.1 Å². The zero-order valence-electron chi connectivity index (χ0n) is 17.7. The molecular weight excluding hydrogens is 396 g/mol. The smallest absolute Gasteiger partial charge is 0.231 e. The predicted molar refractivity (Wildman–Crippen MR) is 118 cm³/mol. The molecule has 0 spiro atoms. The Labute approximate surface area is 182 Å². The van der Waals surface area contributed by atoms with Crippen LogP contribution in [0.1, 0.15) is 24.0 Å². The van der Waals surface area contributed by atoms with E-state index in [0.29, 0.717) is 35.9 Å². The number of carbonyl (C=O) groups is 1. The number of phenolic OH excluding ortho intramolecular Hbond substituents is 1. The normalized spacial score (nSPS) is 16.2. The lowest BCUT2D eigenvalue weighted by molar-refractivity contribution is -0.121. The van der Waals surface area contributed by atoms with Gasteiger partial charge in [-0.3, -0.25) is 9.69 Å². The zero-order valence-corrected chi connectivity index (χ0v) is 17.7. The summed E-state index contributed by atoms with van der Waals surface area (Å²) in [5.41, 5.74) is 2.60. The van der Waals surface area contributed by atoms with Gasteiger partial charge in [0, 0.05) is 29.8 Å². The van der Waals surface area contributed by atoms with E-state index in [-0.39, 0.29) is 24.4 Å². The molecule has 0 aliphatic carbocycles. The number of benzene rings is 2. The summed E-state index contributed by atoms with van der Waals surface area (Å²) in [7, 11) is 1.56. The monoisotopic (exact) mass is 424 g/mol. The molecule has 7 heteroatoms. The van der Waals surface area contributed by atoms with E-state index < -0.39 is 0 Å². The number of hydrogen-bond acceptors (Lipinski definition) is 6. The number of nitrogens with zero attached hydrogens (tertiary/aromatic N) is 1. The summed E-state index contributed by atoms with van der Waals surface area (Å²) in [6, 6.07) is 9.27. The van der Waals surface area contributed by atoms with E-state index in [1.165, 1.54) is 0 Å². The molecule has 0 atom stereocenters. The number of anilines is 1. The summed E-state index contributed by atoms with van der Waals surface area (Å²) < 4.78 is 16.0. The standard InChI is InChI=1S/C24H28N2O5/c1-3-4-16-11-18(23(27)22(12-16)29-2)14-26-9-7-17(8-10-26)24(28)25-19-5-6-20-21(13-19)31-15-30-20/h3,5-6,11-13,17,27H,1,4,7-10,14-15H2,2H3,(H,25,28). The Morgan fingerprint density at radius 2 is 2.03 bits per heavy atom. The number of phenols is 1. The van der Waals surface area contributed by atoms with Crippen molar-refractivity contribution in [2.24, 2.45) is 5.92 Å². The average Bonchev–Trinajstić information content (AvgIpc) is 3.24. The van der Waals surface area contributed by atoms with Gasteiger partial charge in [-0.25, -0.2) is 0 Å². The summed E-state index contributed by atoms with van der Waals surface area (Å²) >= 11 is 0. The van der Waals surface area contributed by atoms with Crippen LogP contribution in [0.2, 0.25) is 0 Å². The molecule has 1 amide bonds. The number of nitrogens with one attached hydrogen (secondary N) is 1. The van der Waals surface area contributed by atoms with Crippen LogP contribution in [0.3, 0.4) is 0 Å². The first kappa shape index (κ1) is 21.1. The number of hydrogen-bond donors (Lipinski definition) is 2. The Morgan fingerprint density at radius 1 is 1.26 bits per heavy atom. The second-order valence-electron chi connectivity index (χ2n) is 7.91. The molecule has 0 bridgehead atoms. The Balaban J connectivity index is 1.34. The van der Waals surface area contributed by atoms with Gasteiger partial charge in [0.15, 0.2) is 23.0 Å². The van der Waals surface area contributed by atoms with Gasteiger partial charge in [0.1, 0.15) is 0 Å². The van der Waals surface area contributed by atoms with Gasteiger partial charge in [-0.05, 0) is 56.1 Å². The van der Waals surface area contributed by atoms with Gasteiger partial charge < -0.3 is 24.6 Å². The van der Waals surface area contributed by atoms with Crippen LogP contribution in [0.4, 0.5) is 5.69 Å². The summed E-state index contributed by atoms with van der Waals surface area (Å²) in [6.07, 6.45) is 4.08. The topological polar surface area (TPSA) is 80.3 Å². The third-order valence-corrected chi connectivity index (χ3v) is 5.81. The van der Waals surface area contributed by atoms with E-state index in [1.807, 2.05) is 30.3 Å². The number of aromatic hydroxyl groups is 1. The number of carbonyl (C=O) groups excluding carboxylic acids is 1. The Kier molecular flexibility index (Phi) is 6.32. The fourth-order valence-electron chi connectivity index (χ4n) is 4.10. The van der Waals surface area contributed by atoms with E-state index >= 15 is 0 Å². The molecule has 2 aliphatic rings. The Morgan fingerprint density at radius 3 is 2.77 bits per heavy atom. The summed E-state index contributed by atoms with van der Waals surface area (Å²) in [4.78, 5) is 15.0. The third kappa shape index (κ3) is 4.77. The molecule has 2 aromatic carbocycles. The molecule has 2 aromatic rings. The van der Waals surface area contributed by atoms with Crippen molar-refractivity contribution in [3.8, 4) is 23.0 Å². The summed E-state index contributed by atoms with van der Waals surface area (Å²) in [5.74, 6) is 1.99. The fourth-order valence-corrected chi connectivity index (χ4v) is 4.10. The molecule has 2 N–H and O–H groups in total. The number of ether oxygens (including phenoxy) is 3. The van der Waals surface area contributed by atoms with Crippen molar-refractivity contribution in [1.82, 2.24) is 4.90 Å². The zero-order chi connectivity index (χ0) is 21.8. The van der Waals surface area contributed by atoms with Crippen molar-refractivity contribution in [3.05, 3.63) is 54.1 Å². The summed E-state index contributed by atoms with van der Waals surface area (Å²) in [6.45, 7) is 6.18. The van der Waals surface area contributed by atoms with Gasteiger partial charge in [-0.2, -0.15) is 0 Å². The number of methoxy groups -OCH3 is 1. The number of allylic oxidation sites excluding steroid dienone is 1. The molecule has 1 fully saturated rings. The lowest BCUT2D eigenvalue weighted by atomic mass is 9.95. The van der Waals surface area contributed by atoms with Gasteiger partial charge in [-0.15, -0.1) is 6.58 Å². The lowest BCUT2D eigenvalue weighted by Gasteiger charge is -2.31. The van der Waals surface area contributed by atoms with E-state index in [1.54, 1.807) is 13.2 Å². The largest absolute Gasteiger partial charge is 0.504 e. The molecular formula is C24H28N2O5. The lowest BCUT2D eigenvalue weighted by Crippen LogP contribution is -2.37. The minimum absolute atomic E-state index is 0.0241. The highest BCUT2D eigenvalue weighted by atomic mass is 16.7. The van der Waals surface area contributed by atoms with E-state index in [0.717, 1.165) is 37.1 Å². The van der Waals surface area contributed by atoms with Crippen molar-refractivity contribution >= 4 is 11.6 Å². The number of fused-ring (bicyclic) bond motifs is 1. The fraction of sp³-hybridized carbons (Fsp3) is 0.375. The van der Waals surface area contributed by atoms with Crippen LogP contribution >= 0.6 is 0 Å². The quantitative estimate of drug-likeness (QED) is 0.660. The van der Waals surface area contributed by atoms with E-state index in [2.05, 4.69) is 16.8 Å². The molecule has 164 valence electrons. The SMILES string of the molecule is C=CCc1cc(CN2CCC(C(=O)Nc3ccc4c(c3)OCO4)CC2)c(O)c(OC)c1. The number of likely N-dealkylation sites (tertiary alicyclic amines) is 1. The van der Waals surface area contributed by atoms with Crippen LogP contribution in [-0.4, -0.2) is 42.9 Å². The van der Waals surface area contributed by atoms with Crippen LogP contribution in [-0.2, 0) is 17.8 Å². The molecule has 1 saturated heterocycles. The summed E-state index contributed by atoms with van der Waals surface area (Å²) in [5, 5.41) is 13.5. The molecule has 7 nitrogen and oxygen atoms in total.